The Hall–Kier alpha value is -2.05. The number of hydrogen-bond acceptors (Lipinski definition) is 3. The maximum Gasteiger partial charge on any atom is 0.317 e. The Bertz CT molecular complexity index is 833. The van der Waals surface area contributed by atoms with E-state index < -0.39 is 0 Å². The van der Waals surface area contributed by atoms with Crippen molar-refractivity contribution in [2.45, 2.75) is 51.2 Å². The van der Waals surface area contributed by atoms with Gasteiger partial charge in [-0.1, -0.05) is 12.1 Å². The van der Waals surface area contributed by atoms with E-state index in [4.69, 9.17) is 9.47 Å². The van der Waals surface area contributed by atoms with E-state index >= 15 is 0 Å². The van der Waals surface area contributed by atoms with E-state index in [1.54, 1.807) is 0 Å². The topological polar surface area (TPSA) is 55.7 Å². The molecule has 0 bridgehead atoms. The van der Waals surface area contributed by atoms with Crippen LogP contribution in [0.1, 0.15) is 36.8 Å². The van der Waals surface area contributed by atoms with Gasteiger partial charge in [-0.3, -0.25) is 0 Å². The molecule has 1 N–H and O–H groups in total. The molecule has 1 atom stereocenters. The first-order valence-electron chi connectivity index (χ1n) is 10.9. The van der Waals surface area contributed by atoms with Gasteiger partial charge < -0.3 is 24.3 Å². The van der Waals surface area contributed by atoms with Crippen LogP contribution in [-0.2, 0) is 22.9 Å². The largest absolute Gasteiger partial charge is 0.376 e. The molecule has 1 aromatic heterocycles. The highest BCUT2D eigenvalue weighted by Crippen LogP contribution is 2.22. The summed E-state index contributed by atoms with van der Waals surface area (Å²) in [4.78, 5) is 14.4. The molecule has 2 saturated heterocycles. The number of urea groups is 1. The summed E-state index contributed by atoms with van der Waals surface area (Å²) in [7, 11) is 2.08. The molecule has 6 nitrogen and oxygen atoms in total. The summed E-state index contributed by atoms with van der Waals surface area (Å²) in [5, 5.41) is 4.37. The fourth-order valence-corrected chi connectivity index (χ4v) is 4.44. The van der Waals surface area contributed by atoms with Gasteiger partial charge in [0.15, 0.2) is 0 Å². The smallest absolute Gasteiger partial charge is 0.317 e. The van der Waals surface area contributed by atoms with E-state index in [0.29, 0.717) is 13.2 Å². The Morgan fingerprint density at radius 3 is 2.86 bits per heavy atom. The van der Waals surface area contributed by atoms with Crippen molar-refractivity contribution in [1.82, 2.24) is 14.8 Å². The number of nitrogens with one attached hydrogen (secondary N) is 1. The molecule has 1 unspecified atom stereocenters. The summed E-state index contributed by atoms with van der Waals surface area (Å²) in [5.41, 5.74) is 3.79. The number of amides is 2. The van der Waals surface area contributed by atoms with Gasteiger partial charge in [-0.25, -0.2) is 4.79 Å². The SMILES string of the molecule is Cc1ccc2c(CCNC(=O)N3CCC(OCC4CCCO4)CC3)cn(C)c2c1. The molecule has 0 aliphatic carbocycles. The lowest BCUT2D eigenvalue weighted by Crippen LogP contribution is -2.46. The van der Waals surface area contributed by atoms with Gasteiger partial charge in [0, 0.05) is 50.4 Å². The minimum Gasteiger partial charge on any atom is -0.376 e. The number of nitrogens with zero attached hydrogens (tertiary/aromatic N) is 2. The summed E-state index contributed by atoms with van der Waals surface area (Å²) in [6, 6.07) is 6.58. The first-order valence-corrected chi connectivity index (χ1v) is 10.9. The quantitative estimate of drug-likeness (QED) is 0.810. The van der Waals surface area contributed by atoms with E-state index in [0.717, 1.165) is 51.8 Å². The van der Waals surface area contributed by atoms with E-state index in [9.17, 15) is 4.79 Å². The maximum atomic E-state index is 12.5. The highest BCUT2D eigenvalue weighted by Gasteiger charge is 2.25. The lowest BCUT2D eigenvalue weighted by atomic mass is 10.1. The van der Waals surface area contributed by atoms with Gasteiger partial charge in [-0.15, -0.1) is 0 Å². The van der Waals surface area contributed by atoms with Gasteiger partial charge >= 0.3 is 6.03 Å². The number of carbonyl (C=O) groups is 1. The van der Waals surface area contributed by atoms with E-state index in [2.05, 4.69) is 48.3 Å². The second-order valence-electron chi connectivity index (χ2n) is 8.42. The Morgan fingerprint density at radius 2 is 2.10 bits per heavy atom. The number of benzene rings is 1. The van der Waals surface area contributed by atoms with E-state index in [1.165, 1.54) is 22.0 Å². The molecule has 0 saturated carbocycles. The van der Waals surface area contributed by atoms with Crippen LogP contribution < -0.4 is 5.32 Å². The van der Waals surface area contributed by atoms with Crippen molar-refractivity contribution < 1.29 is 14.3 Å². The fraction of sp³-hybridized carbons (Fsp3) is 0.609. The monoisotopic (exact) mass is 399 g/mol. The van der Waals surface area contributed by atoms with Crippen LogP contribution in [0.15, 0.2) is 24.4 Å². The first-order chi connectivity index (χ1) is 14.1. The van der Waals surface area contributed by atoms with Crippen LogP contribution in [0.5, 0.6) is 0 Å². The first kappa shape index (κ1) is 20.2. The Morgan fingerprint density at radius 1 is 1.28 bits per heavy atom. The minimum atomic E-state index is 0.0404. The molecular formula is C23H33N3O3. The number of aromatic nitrogens is 1. The van der Waals surface area contributed by atoms with Gasteiger partial charge in [-0.05, 0) is 56.2 Å². The zero-order chi connectivity index (χ0) is 20.2. The van der Waals surface area contributed by atoms with Crippen molar-refractivity contribution in [1.29, 1.82) is 0 Å². The van der Waals surface area contributed by atoms with Crippen LogP contribution in [0.3, 0.4) is 0 Å². The molecule has 3 heterocycles. The lowest BCUT2D eigenvalue weighted by molar-refractivity contribution is -0.0381. The number of aryl methyl sites for hydroxylation is 2. The third-order valence-electron chi connectivity index (χ3n) is 6.17. The van der Waals surface area contributed by atoms with Gasteiger partial charge in [-0.2, -0.15) is 0 Å². The summed E-state index contributed by atoms with van der Waals surface area (Å²) < 4.78 is 13.8. The Labute approximate surface area is 173 Å². The van der Waals surface area contributed by atoms with Crippen LogP contribution in [0.2, 0.25) is 0 Å². The molecule has 2 aromatic rings. The minimum absolute atomic E-state index is 0.0404. The molecule has 2 aliphatic heterocycles. The average molecular weight is 400 g/mol. The molecule has 2 amide bonds. The number of piperidine rings is 1. The van der Waals surface area contributed by atoms with E-state index in [1.807, 2.05) is 4.90 Å². The molecule has 2 aliphatic rings. The number of carbonyl (C=O) groups excluding carboxylic acids is 1. The van der Waals surface area contributed by atoms with Gasteiger partial charge in [0.25, 0.3) is 0 Å². The second kappa shape index (κ2) is 9.18. The average Bonchev–Trinajstić information content (AvgIpc) is 3.35. The van der Waals surface area contributed by atoms with Crippen LogP contribution in [0.25, 0.3) is 10.9 Å². The van der Waals surface area contributed by atoms with Crippen molar-refractivity contribution in [2.75, 3.05) is 32.8 Å². The summed E-state index contributed by atoms with van der Waals surface area (Å²) in [6.07, 6.45) is 7.60. The van der Waals surface area contributed by atoms with Gasteiger partial charge in [0.1, 0.15) is 0 Å². The predicted molar refractivity (Wildman–Crippen MR) is 114 cm³/mol. The van der Waals surface area contributed by atoms with E-state index in [-0.39, 0.29) is 18.2 Å². The summed E-state index contributed by atoms with van der Waals surface area (Å²) in [6.45, 7) is 5.85. The normalized spacial score (nSPS) is 20.5. The summed E-state index contributed by atoms with van der Waals surface area (Å²) >= 11 is 0. The Balaban J connectivity index is 1.20. The predicted octanol–water partition coefficient (Wildman–Crippen LogP) is 3.40. The fourth-order valence-electron chi connectivity index (χ4n) is 4.44. The van der Waals surface area contributed by atoms with Gasteiger partial charge in [0.2, 0.25) is 0 Å². The third-order valence-corrected chi connectivity index (χ3v) is 6.17. The van der Waals surface area contributed by atoms with Crippen molar-refractivity contribution in [3.63, 3.8) is 0 Å². The third kappa shape index (κ3) is 4.93. The highest BCUT2D eigenvalue weighted by atomic mass is 16.5. The van der Waals surface area contributed by atoms with Gasteiger partial charge in [0.05, 0.1) is 18.8 Å². The maximum absolute atomic E-state index is 12.5. The van der Waals surface area contributed by atoms with Crippen molar-refractivity contribution in [3.05, 3.63) is 35.5 Å². The number of likely N-dealkylation sites (tertiary alicyclic amines) is 1. The summed E-state index contributed by atoms with van der Waals surface area (Å²) in [5.74, 6) is 0. The zero-order valence-corrected chi connectivity index (χ0v) is 17.7. The van der Waals surface area contributed by atoms with Crippen molar-refractivity contribution >= 4 is 16.9 Å². The zero-order valence-electron chi connectivity index (χ0n) is 17.7. The van der Waals surface area contributed by atoms with Crippen LogP contribution >= 0.6 is 0 Å². The number of hydrogen-bond donors (Lipinski definition) is 1. The molecule has 2 fully saturated rings. The molecule has 4 rings (SSSR count). The highest BCUT2D eigenvalue weighted by molar-refractivity contribution is 5.84. The van der Waals surface area contributed by atoms with Crippen molar-refractivity contribution in [3.8, 4) is 0 Å². The second-order valence-corrected chi connectivity index (χ2v) is 8.42. The van der Waals surface area contributed by atoms with Crippen LogP contribution in [0, 0.1) is 6.92 Å². The number of rotatable bonds is 6. The van der Waals surface area contributed by atoms with Crippen molar-refractivity contribution in [2.24, 2.45) is 7.05 Å². The molecule has 0 radical (unpaired) electrons. The standard InChI is InChI=1S/C23H33N3O3/c1-17-5-6-21-18(15-25(2)22(21)14-17)7-10-24-23(27)26-11-8-19(9-12-26)29-16-20-4-3-13-28-20/h5-6,14-15,19-20H,3-4,7-13,16H2,1-2H3,(H,24,27). The van der Waals surface area contributed by atoms with Crippen LogP contribution in [-0.4, -0.2) is 60.6 Å². The Kier molecular flexibility index (Phi) is 6.40. The molecular weight excluding hydrogens is 366 g/mol. The van der Waals surface area contributed by atoms with Crippen LogP contribution in [0.4, 0.5) is 4.79 Å². The number of ether oxygens (including phenoxy) is 2. The lowest BCUT2D eigenvalue weighted by Gasteiger charge is -2.32. The number of fused-ring (bicyclic) bond motifs is 1. The molecule has 1 aromatic carbocycles. The molecule has 0 spiro atoms. The molecule has 6 heteroatoms. The molecule has 158 valence electrons. The molecule has 29 heavy (non-hydrogen) atoms.